The predicted octanol–water partition coefficient (Wildman–Crippen LogP) is 6.76. The summed E-state index contributed by atoms with van der Waals surface area (Å²) in [5.41, 5.74) is 3.34. The summed E-state index contributed by atoms with van der Waals surface area (Å²) in [6.07, 6.45) is 2.52. The summed E-state index contributed by atoms with van der Waals surface area (Å²) in [7, 11) is 3.06. The Bertz CT molecular complexity index is 1610. The molecule has 7 nitrogen and oxygen atoms in total. The van der Waals surface area contributed by atoms with Crippen LogP contribution < -0.4 is 10.1 Å². The van der Waals surface area contributed by atoms with Crippen LogP contribution in [0.2, 0.25) is 5.15 Å². The molecule has 2 heterocycles. The molecule has 0 aliphatic heterocycles. The average Bonchev–Trinajstić information content (AvgIpc) is 3.27. The Morgan fingerprint density at radius 3 is 2.47 bits per heavy atom. The lowest BCUT2D eigenvalue weighted by Gasteiger charge is -2.34. The molecule has 0 bridgehead atoms. The van der Waals surface area contributed by atoms with Gasteiger partial charge in [0.15, 0.2) is 5.78 Å². The number of halogens is 1. The molecule has 38 heavy (non-hydrogen) atoms. The molecular weight excluding hydrogens is 502 g/mol. The van der Waals surface area contributed by atoms with Crippen molar-refractivity contribution < 1.29 is 18.7 Å². The second-order valence-corrected chi connectivity index (χ2v) is 10.0. The van der Waals surface area contributed by atoms with Crippen molar-refractivity contribution in [1.29, 1.82) is 5.26 Å². The van der Waals surface area contributed by atoms with Gasteiger partial charge in [0.1, 0.15) is 16.7 Å². The molecule has 2 aromatic carbocycles. The van der Waals surface area contributed by atoms with Crippen molar-refractivity contribution in [1.82, 2.24) is 10.3 Å². The molecule has 5 rings (SSSR count). The maximum absolute atomic E-state index is 13.3. The number of nitrogens with one attached hydrogen (secondary N) is 1. The van der Waals surface area contributed by atoms with E-state index in [4.69, 9.17) is 20.8 Å². The number of Topliss-reactive ketones (excluding diaryl/α,β-unsaturated/α-hetero) is 1. The van der Waals surface area contributed by atoms with Crippen LogP contribution in [0.15, 0.2) is 52.9 Å². The highest BCUT2D eigenvalue weighted by Gasteiger charge is 2.39. The Hall–Kier alpha value is -4.15. The number of ketones is 1. The SMILES string of the molecule is CNC(=O)c1c(-c2ccc(C)cc2)oc2nc(Cl)c(-c3ccc(OC)c(C(=O)CC4(C#N)CCC4)c3)cc12. The number of furan rings is 1. The third-order valence-electron chi connectivity index (χ3n) is 7.26. The van der Waals surface area contributed by atoms with Crippen LogP contribution in [-0.4, -0.2) is 30.8 Å². The number of ether oxygens (including phenoxy) is 1. The van der Waals surface area contributed by atoms with E-state index in [1.165, 1.54) is 7.11 Å². The lowest BCUT2D eigenvalue weighted by molar-refractivity contribution is 0.0877. The van der Waals surface area contributed by atoms with E-state index in [9.17, 15) is 14.9 Å². The highest BCUT2D eigenvalue weighted by molar-refractivity contribution is 6.33. The molecule has 0 radical (unpaired) electrons. The minimum Gasteiger partial charge on any atom is -0.496 e. The molecular formula is C30H26ClN3O4. The van der Waals surface area contributed by atoms with Gasteiger partial charge in [-0.2, -0.15) is 5.26 Å². The lowest BCUT2D eigenvalue weighted by Crippen LogP contribution is -2.30. The van der Waals surface area contributed by atoms with Crippen molar-refractivity contribution >= 4 is 34.4 Å². The third kappa shape index (κ3) is 4.42. The smallest absolute Gasteiger partial charge is 0.255 e. The lowest BCUT2D eigenvalue weighted by atomic mass is 9.66. The van der Waals surface area contributed by atoms with E-state index in [2.05, 4.69) is 16.4 Å². The Morgan fingerprint density at radius 2 is 1.87 bits per heavy atom. The molecule has 8 heteroatoms. The van der Waals surface area contributed by atoms with E-state index < -0.39 is 5.41 Å². The third-order valence-corrected chi connectivity index (χ3v) is 7.55. The van der Waals surface area contributed by atoms with E-state index in [0.717, 1.165) is 30.4 Å². The summed E-state index contributed by atoms with van der Waals surface area (Å²) < 4.78 is 11.5. The Labute approximate surface area is 225 Å². The zero-order valence-corrected chi connectivity index (χ0v) is 22.1. The largest absolute Gasteiger partial charge is 0.496 e. The van der Waals surface area contributed by atoms with Crippen LogP contribution in [0.4, 0.5) is 0 Å². The second-order valence-electron chi connectivity index (χ2n) is 9.69. The number of fused-ring (bicyclic) bond motifs is 1. The molecule has 2 aromatic heterocycles. The normalized spacial score (nSPS) is 14.0. The minimum absolute atomic E-state index is 0.136. The summed E-state index contributed by atoms with van der Waals surface area (Å²) in [5.74, 6) is 0.341. The minimum atomic E-state index is -0.609. The van der Waals surface area contributed by atoms with Crippen molar-refractivity contribution in [3.05, 3.63) is 70.4 Å². The number of benzene rings is 2. The number of nitrogens with zero attached hydrogens (tertiary/aromatic N) is 2. The van der Waals surface area contributed by atoms with Gasteiger partial charge in [0.25, 0.3) is 5.91 Å². The fourth-order valence-electron chi connectivity index (χ4n) is 4.89. The number of pyridine rings is 1. The Balaban J connectivity index is 1.63. The topological polar surface area (TPSA) is 105 Å². The van der Waals surface area contributed by atoms with Crippen LogP contribution in [0.1, 0.15) is 52.0 Å². The molecule has 0 unspecified atom stereocenters. The highest BCUT2D eigenvalue weighted by Crippen LogP contribution is 2.45. The summed E-state index contributed by atoms with van der Waals surface area (Å²) in [5, 5.41) is 13.0. The quantitative estimate of drug-likeness (QED) is 0.210. The van der Waals surface area contributed by atoms with Gasteiger partial charge < -0.3 is 14.5 Å². The van der Waals surface area contributed by atoms with Crippen LogP contribution in [0.3, 0.4) is 0 Å². The number of carbonyl (C=O) groups excluding carboxylic acids is 2. The van der Waals surface area contributed by atoms with E-state index in [0.29, 0.717) is 39.1 Å². The molecule has 0 atom stereocenters. The first-order chi connectivity index (χ1) is 18.3. The Morgan fingerprint density at radius 1 is 1.16 bits per heavy atom. The zero-order chi connectivity index (χ0) is 27.0. The second kappa shape index (κ2) is 9.96. The highest BCUT2D eigenvalue weighted by atomic mass is 35.5. The first-order valence-corrected chi connectivity index (χ1v) is 12.7. The summed E-state index contributed by atoms with van der Waals surface area (Å²) in [6.45, 7) is 1.98. The monoisotopic (exact) mass is 527 g/mol. The predicted molar refractivity (Wildman–Crippen MR) is 145 cm³/mol. The van der Waals surface area contributed by atoms with Crippen LogP contribution in [0.5, 0.6) is 5.75 Å². The average molecular weight is 528 g/mol. The van der Waals surface area contributed by atoms with Crippen LogP contribution in [0, 0.1) is 23.7 Å². The van der Waals surface area contributed by atoms with Gasteiger partial charge in [0.05, 0.1) is 35.1 Å². The fourth-order valence-corrected chi connectivity index (χ4v) is 5.13. The molecule has 192 valence electrons. The van der Waals surface area contributed by atoms with Gasteiger partial charge in [0, 0.05) is 24.6 Å². The number of hydrogen-bond donors (Lipinski definition) is 1. The van der Waals surface area contributed by atoms with Crippen LogP contribution >= 0.6 is 11.6 Å². The van der Waals surface area contributed by atoms with Crippen LogP contribution in [-0.2, 0) is 0 Å². The fraction of sp³-hybridized carbons (Fsp3) is 0.267. The van der Waals surface area contributed by atoms with Crippen molar-refractivity contribution in [3.8, 4) is 34.3 Å². The maximum Gasteiger partial charge on any atom is 0.255 e. The molecule has 0 spiro atoms. The first-order valence-electron chi connectivity index (χ1n) is 12.3. The number of aromatic nitrogens is 1. The summed E-state index contributed by atoms with van der Waals surface area (Å²) >= 11 is 6.61. The molecule has 1 saturated carbocycles. The van der Waals surface area contributed by atoms with Crippen LogP contribution in [0.25, 0.3) is 33.6 Å². The molecule has 1 aliphatic carbocycles. The Kier molecular flexibility index (Phi) is 6.68. The summed E-state index contributed by atoms with van der Waals surface area (Å²) in [4.78, 5) is 30.7. The van der Waals surface area contributed by atoms with Crippen molar-refractivity contribution in [2.75, 3.05) is 14.2 Å². The summed E-state index contributed by atoms with van der Waals surface area (Å²) in [6, 6.07) is 16.9. The van der Waals surface area contributed by atoms with Gasteiger partial charge in [-0.05, 0) is 43.5 Å². The molecule has 1 fully saturated rings. The molecule has 1 N–H and O–H groups in total. The van der Waals surface area contributed by atoms with E-state index >= 15 is 0 Å². The van der Waals surface area contributed by atoms with Gasteiger partial charge in [-0.1, -0.05) is 53.9 Å². The van der Waals surface area contributed by atoms with E-state index in [-0.39, 0.29) is 29.0 Å². The number of rotatable bonds is 7. The van der Waals surface area contributed by atoms with Gasteiger partial charge in [-0.15, -0.1) is 0 Å². The van der Waals surface area contributed by atoms with Gasteiger partial charge in [-0.3, -0.25) is 9.59 Å². The number of aryl methyl sites for hydroxylation is 1. The number of nitriles is 1. The molecule has 4 aromatic rings. The number of methoxy groups -OCH3 is 1. The van der Waals surface area contributed by atoms with Gasteiger partial charge in [-0.25, -0.2) is 4.98 Å². The first kappa shape index (κ1) is 25.5. The van der Waals surface area contributed by atoms with E-state index in [1.54, 1.807) is 31.3 Å². The standard InChI is InChI=1S/C30H26ClN3O4/c1-17-5-7-18(8-6-17)26-25(28(36)33-2)22-14-20(27(31)34-29(22)38-26)19-9-10-24(37-3)21(13-19)23(35)15-30(16-32)11-4-12-30/h5-10,13-14H,4,11-12,15H2,1-3H3,(H,33,36). The number of hydrogen-bond acceptors (Lipinski definition) is 6. The van der Waals surface area contributed by atoms with Crippen molar-refractivity contribution in [3.63, 3.8) is 0 Å². The van der Waals surface area contributed by atoms with Crippen molar-refractivity contribution in [2.45, 2.75) is 32.6 Å². The molecule has 0 saturated heterocycles. The maximum atomic E-state index is 13.3. The van der Waals surface area contributed by atoms with Gasteiger partial charge >= 0.3 is 0 Å². The van der Waals surface area contributed by atoms with Crippen molar-refractivity contribution in [2.24, 2.45) is 5.41 Å². The number of amides is 1. The number of carbonyl (C=O) groups is 2. The molecule has 1 aliphatic rings. The molecule has 1 amide bonds. The van der Waals surface area contributed by atoms with E-state index in [1.807, 2.05) is 31.2 Å². The zero-order valence-electron chi connectivity index (χ0n) is 21.4. The van der Waals surface area contributed by atoms with Gasteiger partial charge in [0.2, 0.25) is 5.71 Å².